The van der Waals surface area contributed by atoms with Gasteiger partial charge >= 0.3 is 0 Å². The number of aryl methyl sites for hydroxylation is 1. The normalized spacial score (nSPS) is 17.7. The summed E-state index contributed by atoms with van der Waals surface area (Å²) in [5, 5.41) is 12.7. The number of hydrogen-bond acceptors (Lipinski definition) is 3. The van der Waals surface area contributed by atoms with Crippen molar-refractivity contribution in [2.24, 2.45) is 0 Å². The van der Waals surface area contributed by atoms with Gasteiger partial charge in [0, 0.05) is 24.3 Å². The maximum Gasteiger partial charge on any atom is 0.224 e. The van der Waals surface area contributed by atoms with Gasteiger partial charge in [0.1, 0.15) is 0 Å². The van der Waals surface area contributed by atoms with Crippen molar-refractivity contribution in [2.75, 3.05) is 10.2 Å². The van der Waals surface area contributed by atoms with E-state index in [1.54, 1.807) is 6.92 Å². The second-order valence-corrected chi connectivity index (χ2v) is 8.00. The van der Waals surface area contributed by atoms with Gasteiger partial charge in [-0.05, 0) is 73.4 Å². The van der Waals surface area contributed by atoms with Crippen LogP contribution in [-0.2, 0) is 4.79 Å². The van der Waals surface area contributed by atoms with Gasteiger partial charge in [0.2, 0.25) is 5.91 Å². The van der Waals surface area contributed by atoms with Crippen LogP contribution in [0.1, 0.15) is 43.0 Å². The number of carbonyl (C=O) groups is 1. The highest BCUT2D eigenvalue weighted by Gasteiger charge is 2.32. The van der Waals surface area contributed by atoms with Gasteiger partial charge in [0.05, 0.1) is 17.7 Å². The fourth-order valence-corrected chi connectivity index (χ4v) is 4.25. The molecule has 1 heterocycles. The zero-order valence-corrected chi connectivity index (χ0v) is 17.5. The third-order valence-electron chi connectivity index (χ3n) is 5.76. The molecule has 4 nitrogen and oxygen atoms in total. The third-order valence-corrected chi connectivity index (χ3v) is 5.76. The molecule has 150 valence electrons. The summed E-state index contributed by atoms with van der Waals surface area (Å²) < 4.78 is 0. The average Bonchev–Trinajstić information content (AvgIpc) is 2.74. The summed E-state index contributed by atoms with van der Waals surface area (Å²) in [7, 11) is 0. The van der Waals surface area contributed by atoms with Crippen LogP contribution in [0, 0.1) is 18.3 Å². The summed E-state index contributed by atoms with van der Waals surface area (Å²) in [6.45, 7) is 5.80. The fourth-order valence-electron chi connectivity index (χ4n) is 4.25. The van der Waals surface area contributed by atoms with Gasteiger partial charge in [-0.15, -0.1) is 0 Å². The van der Waals surface area contributed by atoms with Crippen LogP contribution < -0.4 is 10.2 Å². The van der Waals surface area contributed by atoms with E-state index in [2.05, 4.69) is 67.7 Å². The molecular weight excluding hydrogens is 370 g/mol. The summed E-state index contributed by atoms with van der Waals surface area (Å²) in [5.41, 5.74) is 7.21. The number of amides is 1. The number of fused-ring (bicyclic) bond motifs is 1. The van der Waals surface area contributed by atoms with Gasteiger partial charge in [-0.2, -0.15) is 5.26 Å². The number of benzene rings is 3. The van der Waals surface area contributed by atoms with Crippen molar-refractivity contribution >= 4 is 17.3 Å². The quantitative estimate of drug-likeness (QED) is 0.607. The Balaban J connectivity index is 1.75. The predicted molar refractivity (Wildman–Crippen MR) is 121 cm³/mol. The van der Waals surface area contributed by atoms with Crippen molar-refractivity contribution in [3.63, 3.8) is 0 Å². The second kappa shape index (κ2) is 8.04. The minimum atomic E-state index is 0.0589. The zero-order valence-electron chi connectivity index (χ0n) is 17.5. The van der Waals surface area contributed by atoms with Crippen LogP contribution in [0.3, 0.4) is 0 Å². The lowest BCUT2D eigenvalue weighted by Crippen LogP contribution is -2.43. The van der Waals surface area contributed by atoms with Gasteiger partial charge in [-0.25, -0.2) is 0 Å². The van der Waals surface area contributed by atoms with Gasteiger partial charge in [-0.1, -0.05) is 35.9 Å². The molecule has 1 aliphatic heterocycles. The number of nitrogens with one attached hydrogen (secondary N) is 1. The number of anilines is 2. The first-order valence-corrected chi connectivity index (χ1v) is 10.2. The molecule has 4 heteroatoms. The van der Waals surface area contributed by atoms with Crippen LogP contribution in [0.25, 0.3) is 11.1 Å². The molecule has 0 aliphatic carbocycles. The summed E-state index contributed by atoms with van der Waals surface area (Å²) in [6, 6.07) is 24.7. The van der Waals surface area contributed by atoms with Crippen molar-refractivity contribution < 1.29 is 4.79 Å². The van der Waals surface area contributed by atoms with E-state index in [9.17, 15) is 4.79 Å². The molecule has 3 aromatic carbocycles. The van der Waals surface area contributed by atoms with E-state index < -0.39 is 0 Å². The molecule has 2 unspecified atom stereocenters. The summed E-state index contributed by atoms with van der Waals surface area (Å²) >= 11 is 0. The van der Waals surface area contributed by atoms with Crippen LogP contribution in [-0.4, -0.2) is 11.9 Å². The Morgan fingerprint density at radius 1 is 1.03 bits per heavy atom. The van der Waals surface area contributed by atoms with Gasteiger partial charge < -0.3 is 10.2 Å². The monoisotopic (exact) mass is 395 g/mol. The first-order chi connectivity index (χ1) is 14.5. The smallest absolute Gasteiger partial charge is 0.224 e. The lowest BCUT2D eigenvalue weighted by molar-refractivity contribution is -0.117. The molecule has 0 spiro atoms. The Hall–Kier alpha value is -3.58. The van der Waals surface area contributed by atoms with Crippen LogP contribution in [0.4, 0.5) is 11.4 Å². The second-order valence-electron chi connectivity index (χ2n) is 8.00. The van der Waals surface area contributed by atoms with Crippen LogP contribution >= 0.6 is 0 Å². The summed E-state index contributed by atoms with van der Waals surface area (Å²) in [4.78, 5) is 14.3. The molecule has 30 heavy (non-hydrogen) atoms. The van der Waals surface area contributed by atoms with Crippen molar-refractivity contribution in [1.29, 1.82) is 5.26 Å². The molecule has 0 fully saturated rings. The van der Waals surface area contributed by atoms with E-state index in [1.807, 2.05) is 29.2 Å². The van der Waals surface area contributed by atoms with Gasteiger partial charge in [-0.3, -0.25) is 4.79 Å². The molecule has 2 atom stereocenters. The summed E-state index contributed by atoms with van der Waals surface area (Å²) in [6.07, 6.45) is 0.809. The number of carbonyl (C=O) groups excluding carboxylic acids is 1. The largest absolute Gasteiger partial charge is 0.378 e. The SMILES string of the molecule is CC(=O)N1c2ccc(-c3ccc(C)cc3)cc2C(Nc2ccc(C#N)cc2)CC1C. The van der Waals surface area contributed by atoms with E-state index in [0.29, 0.717) is 5.56 Å². The molecule has 1 N–H and O–H groups in total. The minimum Gasteiger partial charge on any atom is -0.378 e. The van der Waals surface area contributed by atoms with E-state index in [1.165, 1.54) is 5.56 Å². The maximum absolute atomic E-state index is 12.4. The molecule has 0 radical (unpaired) electrons. The Labute approximate surface area is 177 Å². The van der Waals surface area contributed by atoms with Crippen molar-refractivity contribution in [3.05, 3.63) is 83.4 Å². The predicted octanol–water partition coefficient (Wildman–Crippen LogP) is 5.83. The number of nitrogens with zero attached hydrogens (tertiary/aromatic N) is 2. The van der Waals surface area contributed by atoms with E-state index >= 15 is 0 Å². The Morgan fingerprint density at radius 3 is 2.33 bits per heavy atom. The van der Waals surface area contributed by atoms with Crippen molar-refractivity contribution in [3.8, 4) is 17.2 Å². The highest BCUT2D eigenvalue weighted by atomic mass is 16.2. The molecule has 0 saturated heterocycles. The Kier molecular flexibility index (Phi) is 5.29. The molecule has 1 aliphatic rings. The van der Waals surface area contributed by atoms with Crippen molar-refractivity contribution in [1.82, 2.24) is 0 Å². The Bertz CT molecular complexity index is 1110. The molecule has 0 aromatic heterocycles. The fraction of sp³-hybridized carbons (Fsp3) is 0.231. The van der Waals surface area contributed by atoms with E-state index in [4.69, 9.17) is 5.26 Å². The lowest BCUT2D eigenvalue weighted by atomic mass is 9.88. The maximum atomic E-state index is 12.4. The summed E-state index contributed by atoms with van der Waals surface area (Å²) in [5.74, 6) is 0.0589. The number of rotatable bonds is 3. The third kappa shape index (κ3) is 3.79. The number of nitriles is 1. The van der Waals surface area contributed by atoms with Crippen LogP contribution in [0.5, 0.6) is 0 Å². The highest BCUT2D eigenvalue weighted by molar-refractivity contribution is 5.94. The Morgan fingerprint density at radius 2 is 1.70 bits per heavy atom. The van der Waals surface area contributed by atoms with Crippen molar-refractivity contribution in [2.45, 2.75) is 39.3 Å². The van der Waals surface area contributed by atoms with Gasteiger partial charge in [0.15, 0.2) is 0 Å². The number of hydrogen-bond donors (Lipinski definition) is 1. The van der Waals surface area contributed by atoms with Gasteiger partial charge in [0.25, 0.3) is 0 Å². The van der Waals surface area contributed by atoms with E-state index in [0.717, 1.165) is 34.5 Å². The lowest BCUT2D eigenvalue weighted by Gasteiger charge is -2.39. The molecule has 3 aromatic rings. The topological polar surface area (TPSA) is 56.1 Å². The first-order valence-electron chi connectivity index (χ1n) is 10.2. The highest BCUT2D eigenvalue weighted by Crippen LogP contribution is 2.41. The zero-order chi connectivity index (χ0) is 21.3. The molecule has 4 rings (SSSR count). The minimum absolute atomic E-state index is 0.0589. The first kappa shape index (κ1) is 19.7. The van der Waals surface area contributed by atoms with E-state index in [-0.39, 0.29) is 18.0 Å². The standard InChI is InChI=1S/C26H25N3O/c1-17-4-8-21(9-5-17)22-10-13-26-24(15-22)25(14-18(2)29(26)19(3)30)28-23-11-6-20(16-27)7-12-23/h4-13,15,18,25,28H,14H2,1-3H3. The molecular formula is C26H25N3O. The van der Waals surface area contributed by atoms with Crippen LogP contribution in [0.2, 0.25) is 0 Å². The molecule has 0 saturated carbocycles. The molecule has 0 bridgehead atoms. The van der Waals surface area contributed by atoms with Crippen LogP contribution in [0.15, 0.2) is 66.7 Å². The molecule has 1 amide bonds. The average molecular weight is 396 g/mol.